The zero-order chi connectivity index (χ0) is 18.1. The van der Waals surface area contributed by atoms with Crippen LogP contribution in [-0.4, -0.2) is 42.4 Å². The van der Waals surface area contributed by atoms with E-state index in [1.165, 1.54) is 12.8 Å². The first kappa shape index (κ1) is 17.1. The molecule has 2 aliphatic rings. The Morgan fingerprint density at radius 2 is 1.88 bits per heavy atom. The second-order valence-electron chi connectivity index (χ2n) is 7.23. The van der Waals surface area contributed by atoms with Crippen molar-refractivity contribution in [3.8, 4) is 11.5 Å². The van der Waals surface area contributed by atoms with Gasteiger partial charge in [-0.05, 0) is 31.7 Å². The molecule has 0 bridgehead atoms. The molecule has 3 N–H and O–H groups in total. The number of benzene rings is 1. The van der Waals surface area contributed by atoms with Crippen molar-refractivity contribution < 1.29 is 14.2 Å². The van der Waals surface area contributed by atoms with Crippen molar-refractivity contribution in [3.63, 3.8) is 0 Å². The number of rotatable bonds is 4. The van der Waals surface area contributed by atoms with E-state index in [2.05, 4.69) is 15.3 Å². The van der Waals surface area contributed by atoms with E-state index in [-0.39, 0.29) is 5.60 Å². The maximum absolute atomic E-state index is 6.18. The summed E-state index contributed by atoms with van der Waals surface area (Å²) in [5, 5.41) is 4.23. The summed E-state index contributed by atoms with van der Waals surface area (Å²) in [6, 6.07) is 3.95. The molecule has 4 rings (SSSR count). The van der Waals surface area contributed by atoms with Gasteiger partial charge in [0, 0.05) is 24.1 Å². The van der Waals surface area contributed by atoms with Crippen molar-refractivity contribution in [1.29, 1.82) is 0 Å². The molecular weight excluding hydrogens is 332 g/mol. The molecule has 2 aromatic rings. The first-order valence-corrected chi connectivity index (χ1v) is 9.22. The summed E-state index contributed by atoms with van der Waals surface area (Å²) in [4.78, 5) is 9.11. The molecule has 2 fully saturated rings. The highest BCUT2D eigenvalue weighted by Gasteiger charge is 2.40. The van der Waals surface area contributed by atoms with E-state index in [0.717, 1.165) is 43.2 Å². The second kappa shape index (κ2) is 6.79. The van der Waals surface area contributed by atoms with Gasteiger partial charge in [0.15, 0.2) is 11.5 Å². The number of anilines is 2. The van der Waals surface area contributed by atoms with Gasteiger partial charge in [0.1, 0.15) is 5.82 Å². The fourth-order valence-electron chi connectivity index (χ4n) is 4.25. The average molecular weight is 358 g/mol. The second-order valence-corrected chi connectivity index (χ2v) is 7.23. The first-order chi connectivity index (χ1) is 12.6. The molecule has 0 radical (unpaired) electrons. The lowest BCUT2D eigenvalue weighted by Crippen LogP contribution is -2.42. The van der Waals surface area contributed by atoms with Crippen LogP contribution in [-0.2, 0) is 4.74 Å². The molecule has 1 atom stereocenters. The largest absolute Gasteiger partial charge is 0.493 e. The Hall–Kier alpha value is -2.28. The minimum Gasteiger partial charge on any atom is -0.493 e. The van der Waals surface area contributed by atoms with Crippen LogP contribution in [0.5, 0.6) is 11.5 Å². The number of hydrogen-bond acceptors (Lipinski definition) is 7. The summed E-state index contributed by atoms with van der Waals surface area (Å²) < 4.78 is 16.8. The highest BCUT2D eigenvalue weighted by molar-refractivity contribution is 5.91. The lowest BCUT2D eigenvalue weighted by Gasteiger charge is -2.38. The van der Waals surface area contributed by atoms with Gasteiger partial charge >= 0.3 is 0 Å². The van der Waals surface area contributed by atoms with Crippen molar-refractivity contribution in [3.05, 3.63) is 12.1 Å². The lowest BCUT2D eigenvalue weighted by molar-refractivity contribution is -0.0767. The maximum Gasteiger partial charge on any atom is 0.225 e. The average Bonchev–Trinajstić information content (AvgIpc) is 3.08. The van der Waals surface area contributed by atoms with Crippen molar-refractivity contribution in [2.45, 2.75) is 50.2 Å². The Morgan fingerprint density at radius 3 is 2.62 bits per heavy atom. The minimum absolute atomic E-state index is 0.0505. The normalized spacial score (nSPS) is 21.8. The molecule has 26 heavy (non-hydrogen) atoms. The van der Waals surface area contributed by atoms with E-state index >= 15 is 0 Å². The maximum atomic E-state index is 6.18. The molecule has 1 spiro atoms. The predicted octanol–water partition coefficient (Wildman–Crippen LogP) is 3.13. The van der Waals surface area contributed by atoms with Crippen LogP contribution in [0.15, 0.2) is 12.1 Å². The van der Waals surface area contributed by atoms with Gasteiger partial charge in [-0.25, -0.2) is 4.98 Å². The summed E-state index contributed by atoms with van der Waals surface area (Å²) in [5.74, 6) is 2.23. The molecule has 140 valence electrons. The SMILES string of the molecule is COc1cc2nc(NC3CCOC4(CCCC4)C3)nc(N)c2cc1OC. The van der Waals surface area contributed by atoms with Crippen LogP contribution in [0.2, 0.25) is 0 Å². The third-order valence-corrected chi connectivity index (χ3v) is 5.57. The monoisotopic (exact) mass is 358 g/mol. The molecule has 2 heterocycles. The highest BCUT2D eigenvalue weighted by Crippen LogP contribution is 2.40. The fraction of sp³-hybridized carbons (Fsp3) is 0.579. The molecule has 1 aromatic carbocycles. The van der Waals surface area contributed by atoms with Crippen LogP contribution in [0.1, 0.15) is 38.5 Å². The van der Waals surface area contributed by atoms with E-state index in [9.17, 15) is 0 Å². The van der Waals surface area contributed by atoms with Gasteiger partial charge in [-0.1, -0.05) is 12.8 Å². The van der Waals surface area contributed by atoms with E-state index in [1.54, 1.807) is 14.2 Å². The van der Waals surface area contributed by atoms with Crippen molar-refractivity contribution in [2.75, 3.05) is 31.9 Å². The highest BCUT2D eigenvalue weighted by atomic mass is 16.5. The standard InChI is InChI=1S/C19H26N4O3/c1-24-15-9-13-14(10-16(15)25-2)22-18(23-17(13)20)21-12-5-8-26-19(11-12)6-3-4-7-19/h9-10,12H,3-8,11H2,1-2H3,(H3,20,21,22,23). The van der Waals surface area contributed by atoms with Crippen molar-refractivity contribution >= 4 is 22.7 Å². The number of nitrogens with zero attached hydrogens (tertiary/aromatic N) is 2. The summed E-state index contributed by atoms with van der Waals surface area (Å²) >= 11 is 0. The summed E-state index contributed by atoms with van der Waals surface area (Å²) in [7, 11) is 3.21. The molecule has 7 nitrogen and oxygen atoms in total. The Morgan fingerprint density at radius 1 is 1.15 bits per heavy atom. The van der Waals surface area contributed by atoms with Gasteiger partial charge in [0.25, 0.3) is 0 Å². The third-order valence-electron chi connectivity index (χ3n) is 5.57. The van der Waals surface area contributed by atoms with Gasteiger partial charge in [-0.3, -0.25) is 0 Å². The number of methoxy groups -OCH3 is 2. The molecule has 1 aromatic heterocycles. The molecule has 1 aliphatic heterocycles. The van der Waals surface area contributed by atoms with Gasteiger partial charge in [-0.2, -0.15) is 4.98 Å². The number of ether oxygens (including phenoxy) is 3. The zero-order valence-electron chi connectivity index (χ0n) is 15.4. The van der Waals surface area contributed by atoms with Gasteiger partial charge in [0.05, 0.1) is 25.3 Å². The Kier molecular flexibility index (Phi) is 4.48. The van der Waals surface area contributed by atoms with Crippen LogP contribution in [0.25, 0.3) is 10.9 Å². The predicted molar refractivity (Wildman–Crippen MR) is 101 cm³/mol. The molecule has 1 saturated carbocycles. The molecule has 7 heteroatoms. The topological polar surface area (TPSA) is 91.5 Å². The fourth-order valence-corrected chi connectivity index (χ4v) is 4.25. The van der Waals surface area contributed by atoms with Gasteiger partial charge in [0.2, 0.25) is 5.95 Å². The number of nitrogens with one attached hydrogen (secondary N) is 1. The minimum atomic E-state index is 0.0505. The molecular formula is C19H26N4O3. The van der Waals surface area contributed by atoms with Crippen LogP contribution >= 0.6 is 0 Å². The summed E-state index contributed by atoms with van der Waals surface area (Å²) in [6.07, 6.45) is 6.78. The Labute approximate surface area is 153 Å². The molecule has 1 unspecified atom stereocenters. The summed E-state index contributed by atoms with van der Waals surface area (Å²) in [5.41, 5.74) is 6.97. The smallest absolute Gasteiger partial charge is 0.225 e. The number of hydrogen-bond donors (Lipinski definition) is 2. The number of nitrogen functional groups attached to an aromatic ring is 1. The van der Waals surface area contributed by atoms with Crippen molar-refractivity contribution in [1.82, 2.24) is 9.97 Å². The number of nitrogens with two attached hydrogens (primary N) is 1. The molecule has 0 amide bonds. The lowest BCUT2D eigenvalue weighted by atomic mass is 9.89. The van der Waals surface area contributed by atoms with Gasteiger partial charge < -0.3 is 25.3 Å². The quantitative estimate of drug-likeness (QED) is 0.867. The van der Waals surface area contributed by atoms with Crippen LogP contribution in [0.3, 0.4) is 0 Å². The van der Waals surface area contributed by atoms with Gasteiger partial charge in [-0.15, -0.1) is 0 Å². The van der Waals surface area contributed by atoms with E-state index < -0.39 is 0 Å². The molecule has 1 saturated heterocycles. The zero-order valence-corrected chi connectivity index (χ0v) is 15.4. The van der Waals surface area contributed by atoms with Crippen LogP contribution < -0.4 is 20.5 Å². The van der Waals surface area contributed by atoms with E-state index in [0.29, 0.717) is 29.3 Å². The summed E-state index contributed by atoms with van der Waals surface area (Å²) in [6.45, 7) is 0.783. The van der Waals surface area contributed by atoms with Crippen LogP contribution in [0.4, 0.5) is 11.8 Å². The Balaban J connectivity index is 1.60. The van der Waals surface area contributed by atoms with E-state index in [4.69, 9.17) is 19.9 Å². The van der Waals surface area contributed by atoms with Crippen LogP contribution in [0, 0.1) is 0 Å². The Bertz CT molecular complexity index is 805. The third kappa shape index (κ3) is 3.11. The number of fused-ring (bicyclic) bond motifs is 1. The van der Waals surface area contributed by atoms with E-state index in [1.807, 2.05) is 12.1 Å². The van der Waals surface area contributed by atoms with Crippen molar-refractivity contribution in [2.24, 2.45) is 0 Å². The first-order valence-electron chi connectivity index (χ1n) is 9.22. The number of aromatic nitrogens is 2. The molecule has 1 aliphatic carbocycles.